The van der Waals surface area contributed by atoms with Gasteiger partial charge in [-0.15, -0.1) is 0 Å². The molecule has 2 aliphatic heterocycles. The maximum absolute atomic E-state index is 5.72. The van der Waals surface area contributed by atoms with Gasteiger partial charge in [-0.2, -0.15) is 0 Å². The Morgan fingerprint density at radius 2 is 2.06 bits per heavy atom. The van der Waals surface area contributed by atoms with Crippen molar-refractivity contribution in [3.8, 4) is 5.75 Å². The van der Waals surface area contributed by atoms with Crippen LogP contribution in [0.1, 0.15) is 37.2 Å². The molecule has 1 aromatic rings. The van der Waals surface area contributed by atoms with Crippen LogP contribution in [0, 0.1) is 0 Å². The molecule has 1 aromatic carbocycles. The first-order valence-electron chi connectivity index (χ1n) is 6.40. The van der Waals surface area contributed by atoms with E-state index < -0.39 is 0 Å². The number of benzene rings is 1. The molecule has 2 aliphatic rings. The minimum Gasteiger partial charge on any atom is -0.493 e. The maximum atomic E-state index is 5.72. The van der Waals surface area contributed by atoms with Crippen LogP contribution in [0.2, 0.25) is 0 Å². The van der Waals surface area contributed by atoms with Crippen LogP contribution in [0.4, 0.5) is 0 Å². The first-order chi connectivity index (χ1) is 7.95. The molecule has 0 radical (unpaired) electrons. The molecule has 2 nitrogen and oxygen atoms in total. The largest absolute Gasteiger partial charge is 0.493 e. The summed E-state index contributed by atoms with van der Waals surface area (Å²) in [7, 11) is 0. The average Bonchev–Trinajstić information content (AvgIpc) is 2.39. The second-order valence-electron chi connectivity index (χ2n) is 4.84. The van der Waals surface area contributed by atoms with Crippen molar-refractivity contribution in [2.75, 3.05) is 13.2 Å². The van der Waals surface area contributed by atoms with Crippen LogP contribution in [0.5, 0.6) is 5.75 Å². The van der Waals surface area contributed by atoms with Gasteiger partial charge in [0, 0.05) is 12.0 Å². The number of fused-ring (bicyclic) bond motifs is 1. The van der Waals surface area contributed by atoms with Crippen molar-refractivity contribution >= 4 is 0 Å². The van der Waals surface area contributed by atoms with Crippen molar-refractivity contribution < 1.29 is 4.74 Å². The van der Waals surface area contributed by atoms with Crippen molar-refractivity contribution in [2.24, 2.45) is 0 Å². The quantitative estimate of drug-likeness (QED) is 0.781. The molecule has 0 aliphatic carbocycles. The molecular weight excluding hydrogens is 198 g/mol. The first-order valence-corrected chi connectivity index (χ1v) is 6.40. The molecular formula is C14H19NO. The van der Waals surface area contributed by atoms with E-state index in [0.29, 0.717) is 12.0 Å². The minimum absolute atomic E-state index is 0.658. The van der Waals surface area contributed by atoms with Gasteiger partial charge in [0.1, 0.15) is 5.75 Å². The Hall–Kier alpha value is -1.02. The zero-order valence-corrected chi connectivity index (χ0v) is 9.61. The fraction of sp³-hybridized carbons (Fsp3) is 0.571. The standard InChI is InChI=1S/C14H19NO/c1-2-7-14-12(5-1)11(8-10-16-14)13-6-3-4-9-15-13/h1-2,5,7,11,13,15H,3-4,6,8-10H2/t11-,13+/m1/s1. The number of nitrogens with one attached hydrogen (secondary N) is 1. The lowest BCUT2D eigenvalue weighted by atomic mass is 9.83. The summed E-state index contributed by atoms with van der Waals surface area (Å²) >= 11 is 0. The summed E-state index contributed by atoms with van der Waals surface area (Å²) < 4.78 is 5.72. The highest BCUT2D eigenvalue weighted by Gasteiger charge is 2.29. The molecule has 0 spiro atoms. The van der Waals surface area contributed by atoms with Gasteiger partial charge in [-0.3, -0.25) is 0 Å². The molecule has 0 unspecified atom stereocenters. The second-order valence-corrected chi connectivity index (χ2v) is 4.84. The smallest absolute Gasteiger partial charge is 0.122 e. The van der Waals surface area contributed by atoms with Gasteiger partial charge in [0.05, 0.1) is 6.61 Å². The summed E-state index contributed by atoms with van der Waals surface area (Å²) in [6.07, 6.45) is 5.19. The van der Waals surface area contributed by atoms with Crippen LogP contribution >= 0.6 is 0 Å². The van der Waals surface area contributed by atoms with Crippen LogP contribution in [-0.2, 0) is 0 Å². The summed E-state index contributed by atoms with van der Waals surface area (Å²) in [5.74, 6) is 1.76. The zero-order chi connectivity index (χ0) is 10.8. The number of ether oxygens (including phenoxy) is 1. The van der Waals surface area contributed by atoms with E-state index in [9.17, 15) is 0 Å². The Morgan fingerprint density at radius 1 is 1.12 bits per heavy atom. The second kappa shape index (κ2) is 4.46. The lowest BCUT2D eigenvalue weighted by Gasteiger charge is -2.35. The topological polar surface area (TPSA) is 21.3 Å². The number of para-hydroxylation sites is 1. The molecule has 1 N–H and O–H groups in total. The van der Waals surface area contributed by atoms with Crippen LogP contribution in [-0.4, -0.2) is 19.2 Å². The van der Waals surface area contributed by atoms with E-state index in [-0.39, 0.29) is 0 Å². The molecule has 2 heteroatoms. The summed E-state index contributed by atoms with van der Waals surface area (Å²) in [4.78, 5) is 0. The maximum Gasteiger partial charge on any atom is 0.122 e. The third kappa shape index (κ3) is 1.82. The number of hydrogen-bond donors (Lipinski definition) is 1. The number of hydrogen-bond acceptors (Lipinski definition) is 2. The van der Waals surface area contributed by atoms with E-state index in [1.54, 1.807) is 0 Å². The van der Waals surface area contributed by atoms with Gasteiger partial charge >= 0.3 is 0 Å². The van der Waals surface area contributed by atoms with Crippen molar-refractivity contribution in [1.29, 1.82) is 0 Å². The molecule has 0 bridgehead atoms. The predicted molar refractivity (Wildman–Crippen MR) is 64.9 cm³/mol. The predicted octanol–water partition coefficient (Wildman–Crippen LogP) is 2.69. The summed E-state index contributed by atoms with van der Waals surface area (Å²) in [6, 6.07) is 9.19. The normalized spacial score (nSPS) is 29.2. The number of rotatable bonds is 1. The van der Waals surface area contributed by atoms with E-state index in [2.05, 4.69) is 29.6 Å². The molecule has 0 amide bonds. The molecule has 16 heavy (non-hydrogen) atoms. The van der Waals surface area contributed by atoms with Gasteiger partial charge in [-0.25, -0.2) is 0 Å². The number of piperidine rings is 1. The highest BCUT2D eigenvalue weighted by atomic mass is 16.5. The van der Waals surface area contributed by atoms with Gasteiger partial charge in [0.25, 0.3) is 0 Å². The van der Waals surface area contributed by atoms with Crippen molar-refractivity contribution in [1.82, 2.24) is 5.32 Å². The Kier molecular flexibility index (Phi) is 2.83. The Bertz CT molecular complexity index is 358. The van der Waals surface area contributed by atoms with E-state index >= 15 is 0 Å². The fourth-order valence-corrected chi connectivity index (χ4v) is 3.01. The Balaban J connectivity index is 1.86. The summed E-state index contributed by atoms with van der Waals surface area (Å²) in [6.45, 7) is 2.06. The van der Waals surface area contributed by atoms with Gasteiger partial charge < -0.3 is 10.1 Å². The highest BCUT2D eigenvalue weighted by Crippen LogP contribution is 2.37. The average molecular weight is 217 g/mol. The molecule has 2 heterocycles. The molecule has 0 saturated carbocycles. The third-order valence-electron chi connectivity index (χ3n) is 3.84. The summed E-state index contributed by atoms with van der Waals surface area (Å²) in [5.41, 5.74) is 1.41. The van der Waals surface area contributed by atoms with Crippen LogP contribution < -0.4 is 10.1 Å². The molecule has 2 atom stereocenters. The van der Waals surface area contributed by atoms with Gasteiger partial charge in [-0.1, -0.05) is 24.6 Å². The first kappa shape index (κ1) is 10.2. The van der Waals surface area contributed by atoms with E-state index in [1.165, 1.54) is 31.4 Å². The minimum atomic E-state index is 0.658. The van der Waals surface area contributed by atoms with Gasteiger partial charge in [0.2, 0.25) is 0 Å². The molecule has 1 fully saturated rings. The zero-order valence-electron chi connectivity index (χ0n) is 9.61. The molecule has 0 aromatic heterocycles. The lowest BCUT2D eigenvalue weighted by Crippen LogP contribution is -2.40. The van der Waals surface area contributed by atoms with Crippen molar-refractivity contribution in [3.63, 3.8) is 0 Å². The van der Waals surface area contributed by atoms with Crippen molar-refractivity contribution in [2.45, 2.75) is 37.6 Å². The van der Waals surface area contributed by atoms with Crippen LogP contribution in [0.25, 0.3) is 0 Å². The molecule has 86 valence electrons. The van der Waals surface area contributed by atoms with E-state index in [4.69, 9.17) is 4.74 Å². The molecule has 1 saturated heterocycles. The Morgan fingerprint density at radius 3 is 2.94 bits per heavy atom. The van der Waals surface area contributed by atoms with Crippen LogP contribution in [0.15, 0.2) is 24.3 Å². The SMILES string of the molecule is c1ccc2c(c1)OCC[C@H]2[C@@H]1CCCCN1. The monoisotopic (exact) mass is 217 g/mol. The van der Waals surface area contributed by atoms with E-state index in [1.807, 2.05) is 0 Å². The van der Waals surface area contributed by atoms with E-state index in [0.717, 1.165) is 18.8 Å². The van der Waals surface area contributed by atoms with Gasteiger partial charge in [-0.05, 0) is 37.4 Å². The third-order valence-corrected chi connectivity index (χ3v) is 3.84. The fourth-order valence-electron chi connectivity index (χ4n) is 3.01. The molecule has 3 rings (SSSR count). The lowest BCUT2D eigenvalue weighted by molar-refractivity contribution is 0.232. The van der Waals surface area contributed by atoms with Crippen LogP contribution in [0.3, 0.4) is 0 Å². The highest BCUT2D eigenvalue weighted by molar-refractivity contribution is 5.38. The summed E-state index contributed by atoms with van der Waals surface area (Å²) in [5, 5.41) is 3.67. The Labute approximate surface area is 97.0 Å². The van der Waals surface area contributed by atoms with Crippen molar-refractivity contribution in [3.05, 3.63) is 29.8 Å². The van der Waals surface area contributed by atoms with Gasteiger partial charge in [0.15, 0.2) is 0 Å².